The maximum absolute atomic E-state index is 9.13. The van der Waals surface area contributed by atoms with Gasteiger partial charge in [0, 0.05) is 12.1 Å². The maximum atomic E-state index is 9.13. The van der Waals surface area contributed by atoms with E-state index < -0.39 is 5.54 Å². The first-order valence-corrected chi connectivity index (χ1v) is 6.42. The minimum atomic E-state index is -0.505. The van der Waals surface area contributed by atoms with Gasteiger partial charge >= 0.3 is 0 Å². The van der Waals surface area contributed by atoms with Gasteiger partial charge in [0.2, 0.25) is 0 Å². The Kier molecular flexibility index (Phi) is 4.77. The van der Waals surface area contributed by atoms with E-state index >= 15 is 0 Å². The fraction of sp³-hybridized carbons (Fsp3) is 0.600. The first-order chi connectivity index (χ1) is 8.33. The van der Waals surface area contributed by atoms with Gasteiger partial charge in [0.05, 0.1) is 7.11 Å². The molecular formula is C15H25NO2. The molecule has 0 saturated heterocycles. The molecule has 0 aliphatic carbocycles. The Hall–Kier alpha value is -1.06. The highest BCUT2D eigenvalue weighted by Gasteiger charge is 2.24. The van der Waals surface area contributed by atoms with Gasteiger partial charge in [-0.05, 0) is 55.0 Å². The molecule has 3 N–H and O–H groups in total. The van der Waals surface area contributed by atoms with Crippen molar-refractivity contribution in [1.82, 2.24) is 0 Å². The van der Waals surface area contributed by atoms with E-state index in [2.05, 4.69) is 19.9 Å². The minimum Gasteiger partial charge on any atom is -0.496 e. The monoisotopic (exact) mass is 251 g/mol. The Morgan fingerprint density at radius 3 is 2.44 bits per heavy atom. The number of aliphatic hydroxyl groups is 1. The first kappa shape index (κ1) is 15.0. The van der Waals surface area contributed by atoms with Crippen LogP contribution in [0.5, 0.6) is 5.75 Å². The Balaban J connectivity index is 3.33. The number of rotatable bonds is 5. The Labute approximate surface area is 110 Å². The van der Waals surface area contributed by atoms with Crippen molar-refractivity contribution in [3.63, 3.8) is 0 Å². The van der Waals surface area contributed by atoms with Gasteiger partial charge in [0.25, 0.3) is 0 Å². The van der Waals surface area contributed by atoms with Crippen molar-refractivity contribution in [1.29, 1.82) is 0 Å². The van der Waals surface area contributed by atoms with Gasteiger partial charge in [-0.1, -0.05) is 13.8 Å². The average Bonchev–Trinajstić information content (AvgIpc) is 2.27. The molecule has 0 fully saturated rings. The lowest BCUT2D eigenvalue weighted by Gasteiger charge is -2.28. The van der Waals surface area contributed by atoms with Crippen LogP contribution in [0.1, 0.15) is 49.8 Å². The van der Waals surface area contributed by atoms with Crippen LogP contribution in [-0.4, -0.2) is 18.8 Å². The maximum Gasteiger partial charge on any atom is 0.122 e. The fourth-order valence-electron chi connectivity index (χ4n) is 2.31. The molecule has 0 aliphatic heterocycles. The minimum absolute atomic E-state index is 0.0927. The molecule has 1 aromatic rings. The zero-order valence-electron chi connectivity index (χ0n) is 12.1. The van der Waals surface area contributed by atoms with Crippen molar-refractivity contribution in [3.8, 4) is 5.75 Å². The van der Waals surface area contributed by atoms with Crippen LogP contribution in [0.25, 0.3) is 0 Å². The lowest BCUT2D eigenvalue weighted by Crippen LogP contribution is -2.35. The zero-order valence-corrected chi connectivity index (χ0v) is 12.1. The molecule has 1 rings (SSSR count). The van der Waals surface area contributed by atoms with Gasteiger partial charge in [0.1, 0.15) is 5.75 Å². The number of aliphatic hydroxyl groups excluding tert-OH is 1. The summed E-state index contributed by atoms with van der Waals surface area (Å²) in [6.45, 7) is 8.36. The fourth-order valence-corrected chi connectivity index (χ4v) is 2.31. The molecule has 0 aliphatic rings. The van der Waals surface area contributed by atoms with E-state index in [1.807, 2.05) is 19.9 Å². The molecule has 0 radical (unpaired) electrons. The van der Waals surface area contributed by atoms with Gasteiger partial charge in [-0.2, -0.15) is 0 Å². The number of benzene rings is 1. The van der Waals surface area contributed by atoms with Crippen LogP contribution in [0.4, 0.5) is 0 Å². The number of hydrogen-bond acceptors (Lipinski definition) is 3. The van der Waals surface area contributed by atoms with E-state index in [-0.39, 0.29) is 6.61 Å². The number of methoxy groups -OCH3 is 1. The first-order valence-electron chi connectivity index (χ1n) is 6.42. The lowest BCUT2D eigenvalue weighted by atomic mass is 9.84. The molecule has 3 nitrogen and oxygen atoms in total. The molecule has 18 heavy (non-hydrogen) atoms. The summed E-state index contributed by atoms with van der Waals surface area (Å²) in [6.07, 6.45) is 0.553. The molecule has 1 unspecified atom stereocenters. The Bertz CT molecular complexity index is 411. The molecule has 0 saturated carbocycles. The van der Waals surface area contributed by atoms with Crippen molar-refractivity contribution in [2.75, 3.05) is 13.7 Å². The molecule has 0 heterocycles. The smallest absolute Gasteiger partial charge is 0.122 e. The van der Waals surface area contributed by atoms with Crippen LogP contribution < -0.4 is 10.5 Å². The van der Waals surface area contributed by atoms with Gasteiger partial charge < -0.3 is 15.6 Å². The van der Waals surface area contributed by atoms with Crippen LogP contribution in [0.15, 0.2) is 12.1 Å². The summed E-state index contributed by atoms with van der Waals surface area (Å²) in [5.41, 5.74) is 9.15. The quantitative estimate of drug-likeness (QED) is 0.846. The molecule has 1 aromatic carbocycles. The van der Waals surface area contributed by atoms with Gasteiger partial charge in [0.15, 0.2) is 0 Å². The zero-order chi connectivity index (χ0) is 13.9. The van der Waals surface area contributed by atoms with Crippen LogP contribution >= 0.6 is 0 Å². The highest BCUT2D eigenvalue weighted by Crippen LogP contribution is 2.34. The molecule has 0 bridgehead atoms. The number of ether oxygens (including phenoxy) is 1. The highest BCUT2D eigenvalue weighted by molar-refractivity contribution is 5.46. The van der Waals surface area contributed by atoms with Crippen molar-refractivity contribution in [3.05, 3.63) is 28.8 Å². The number of hydrogen-bond donors (Lipinski definition) is 2. The third kappa shape index (κ3) is 3.03. The topological polar surface area (TPSA) is 55.5 Å². The summed E-state index contributed by atoms with van der Waals surface area (Å²) >= 11 is 0. The molecule has 102 valence electrons. The molecule has 0 spiro atoms. The van der Waals surface area contributed by atoms with Crippen molar-refractivity contribution < 1.29 is 9.84 Å². The van der Waals surface area contributed by atoms with E-state index in [0.717, 1.165) is 22.4 Å². The summed E-state index contributed by atoms with van der Waals surface area (Å²) in [5, 5.41) is 9.13. The van der Waals surface area contributed by atoms with E-state index in [0.29, 0.717) is 12.3 Å². The van der Waals surface area contributed by atoms with Crippen molar-refractivity contribution in [2.45, 2.75) is 45.6 Å². The molecule has 3 heteroatoms. The second-order valence-corrected chi connectivity index (χ2v) is 5.45. The van der Waals surface area contributed by atoms with Crippen LogP contribution in [0.2, 0.25) is 0 Å². The second-order valence-electron chi connectivity index (χ2n) is 5.45. The average molecular weight is 251 g/mol. The third-order valence-electron chi connectivity index (χ3n) is 3.45. The highest BCUT2D eigenvalue weighted by atomic mass is 16.5. The van der Waals surface area contributed by atoms with Gasteiger partial charge in [-0.15, -0.1) is 0 Å². The molecular weight excluding hydrogens is 226 g/mol. The summed E-state index contributed by atoms with van der Waals surface area (Å²) in [5.74, 6) is 1.29. The standard InChI is InChI=1S/C15H25NO2/c1-10(2)12-9-13(15(4,16)6-7-17)11(3)8-14(12)18-5/h8-10,17H,6-7,16H2,1-5H3. The summed E-state index contributed by atoms with van der Waals surface area (Å²) in [4.78, 5) is 0. The van der Waals surface area contributed by atoms with E-state index in [4.69, 9.17) is 15.6 Å². The summed E-state index contributed by atoms with van der Waals surface area (Å²) < 4.78 is 5.42. The van der Waals surface area contributed by atoms with E-state index in [1.165, 1.54) is 0 Å². The Morgan fingerprint density at radius 2 is 2.00 bits per heavy atom. The molecule has 0 amide bonds. The van der Waals surface area contributed by atoms with Crippen molar-refractivity contribution >= 4 is 0 Å². The lowest BCUT2D eigenvalue weighted by molar-refractivity contribution is 0.246. The van der Waals surface area contributed by atoms with Crippen LogP contribution in [0.3, 0.4) is 0 Å². The molecule has 1 atom stereocenters. The predicted molar refractivity (Wildman–Crippen MR) is 75.1 cm³/mol. The van der Waals surface area contributed by atoms with Crippen LogP contribution in [-0.2, 0) is 5.54 Å². The summed E-state index contributed by atoms with van der Waals surface area (Å²) in [7, 11) is 1.69. The van der Waals surface area contributed by atoms with E-state index in [9.17, 15) is 0 Å². The van der Waals surface area contributed by atoms with Crippen LogP contribution in [0, 0.1) is 6.92 Å². The van der Waals surface area contributed by atoms with Gasteiger partial charge in [-0.25, -0.2) is 0 Å². The Morgan fingerprint density at radius 1 is 1.39 bits per heavy atom. The number of nitrogens with two attached hydrogens (primary N) is 1. The van der Waals surface area contributed by atoms with E-state index in [1.54, 1.807) is 7.11 Å². The van der Waals surface area contributed by atoms with Crippen molar-refractivity contribution in [2.24, 2.45) is 5.73 Å². The predicted octanol–water partition coefficient (Wildman–Crippen LogP) is 2.68. The van der Waals surface area contributed by atoms with Gasteiger partial charge in [-0.3, -0.25) is 0 Å². The summed E-state index contributed by atoms with van der Waals surface area (Å²) in [6, 6.07) is 4.15. The largest absolute Gasteiger partial charge is 0.496 e. The second kappa shape index (κ2) is 5.72. The normalized spacial score (nSPS) is 14.7. The SMILES string of the molecule is COc1cc(C)c(C(C)(N)CCO)cc1C(C)C. The number of aryl methyl sites for hydroxylation is 1. The third-order valence-corrected chi connectivity index (χ3v) is 3.45. The molecule has 0 aromatic heterocycles.